The molecule has 1 heterocycles. The molecule has 3 atom stereocenters. The minimum atomic E-state index is -1.85. The van der Waals surface area contributed by atoms with Crippen LogP contribution in [0.25, 0.3) is 0 Å². The maximum Gasteiger partial charge on any atom is 0.339 e. The van der Waals surface area contributed by atoms with Crippen LogP contribution >= 0.6 is 0 Å². The van der Waals surface area contributed by atoms with Crippen LogP contribution in [0.3, 0.4) is 0 Å². The maximum atomic E-state index is 11.7. The number of rotatable bonds is 4. The van der Waals surface area contributed by atoms with Crippen molar-refractivity contribution >= 4 is 17.3 Å². The predicted octanol–water partition coefficient (Wildman–Crippen LogP) is 1.29. The van der Waals surface area contributed by atoms with Crippen LogP contribution in [0.2, 0.25) is 0 Å². The number of carbonyl (C=O) groups is 1. The molecule has 104 valence electrons. The van der Waals surface area contributed by atoms with Gasteiger partial charge in [0.2, 0.25) is 0 Å². The highest BCUT2D eigenvalue weighted by molar-refractivity contribution is 7.75. The number of esters is 1. The Hall–Kier alpha value is -1.44. The lowest BCUT2D eigenvalue weighted by molar-refractivity contribution is -0.156. The first-order valence-electron chi connectivity index (χ1n) is 5.67. The van der Waals surface area contributed by atoms with E-state index in [0.29, 0.717) is 0 Å². The van der Waals surface area contributed by atoms with E-state index < -0.39 is 29.5 Å². The Morgan fingerprint density at radius 2 is 2.11 bits per heavy atom. The molecule has 0 amide bonds. The molecule has 3 unspecified atom stereocenters. The molecule has 0 N–H and O–H groups in total. The second-order valence-electron chi connectivity index (χ2n) is 3.93. The van der Waals surface area contributed by atoms with Crippen LogP contribution in [0.15, 0.2) is 24.3 Å². The Morgan fingerprint density at radius 3 is 2.63 bits per heavy atom. The molecule has 0 radical (unpaired) electrons. The van der Waals surface area contributed by atoms with Gasteiger partial charge in [0.05, 0.1) is 7.11 Å². The SMILES string of the molecule is COc1ccc(C(C)OC(=O)C2COS(=O)O2)cc1. The topological polar surface area (TPSA) is 71.1 Å². The van der Waals surface area contributed by atoms with Gasteiger partial charge in [-0.25, -0.2) is 4.79 Å². The van der Waals surface area contributed by atoms with Crippen LogP contribution in [-0.4, -0.2) is 30.0 Å². The molecule has 0 bridgehead atoms. The zero-order valence-corrected chi connectivity index (χ0v) is 11.3. The first-order chi connectivity index (χ1) is 9.10. The van der Waals surface area contributed by atoms with E-state index in [-0.39, 0.29) is 6.61 Å². The Morgan fingerprint density at radius 1 is 1.42 bits per heavy atom. The Bertz CT molecular complexity index is 472. The van der Waals surface area contributed by atoms with Crippen molar-refractivity contribution in [3.63, 3.8) is 0 Å². The second-order valence-corrected chi connectivity index (χ2v) is 4.76. The standard InChI is InChI=1S/C12H14O6S/c1-8(9-3-5-10(15-2)6-4-9)17-12(13)11-7-16-19(14)18-11/h3-6,8,11H,7H2,1-2H3. The van der Waals surface area contributed by atoms with Gasteiger partial charge < -0.3 is 9.47 Å². The first kappa shape index (κ1) is 14.0. The predicted molar refractivity (Wildman–Crippen MR) is 66.5 cm³/mol. The molecule has 1 aliphatic rings. The van der Waals surface area contributed by atoms with Crippen LogP contribution < -0.4 is 4.74 Å². The first-order valence-corrected chi connectivity index (χ1v) is 6.67. The molecule has 0 spiro atoms. The fraction of sp³-hybridized carbons (Fsp3) is 0.417. The van der Waals surface area contributed by atoms with Crippen LogP contribution in [0.4, 0.5) is 0 Å². The molecule has 1 fully saturated rings. The van der Waals surface area contributed by atoms with Gasteiger partial charge in [-0.05, 0) is 24.6 Å². The molecule has 7 heteroatoms. The van der Waals surface area contributed by atoms with Crippen LogP contribution in [0, 0.1) is 0 Å². The molecule has 1 aromatic rings. The summed E-state index contributed by atoms with van der Waals surface area (Å²) in [5.74, 6) is 0.138. The number of carbonyl (C=O) groups excluding carboxylic acids is 1. The fourth-order valence-corrected chi connectivity index (χ4v) is 2.18. The second kappa shape index (κ2) is 6.14. The summed E-state index contributed by atoms with van der Waals surface area (Å²) in [6.45, 7) is 1.69. The number of methoxy groups -OCH3 is 1. The normalized spacial score (nSPS) is 23.9. The lowest BCUT2D eigenvalue weighted by Crippen LogP contribution is -2.26. The fourth-order valence-electron chi connectivity index (χ4n) is 1.57. The third-order valence-corrected chi connectivity index (χ3v) is 3.37. The Labute approximate surface area is 113 Å². The van der Waals surface area contributed by atoms with Gasteiger partial charge in [0.1, 0.15) is 18.5 Å². The third kappa shape index (κ3) is 3.52. The number of hydrogen-bond acceptors (Lipinski definition) is 6. The van der Waals surface area contributed by atoms with Gasteiger partial charge in [0.25, 0.3) is 0 Å². The summed E-state index contributed by atoms with van der Waals surface area (Å²) in [4.78, 5) is 11.7. The van der Waals surface area contributed by atoms with Crippen molar-refractivity contribution in [2.75, 3.05) is 13.7 Å². The van der Waals surface area contributed by atoms with Gasteiger partial charge in [-0.2, -0.15) is 4.21 Å². The quantitative estimate of drug-likeness (QED) is 0.777. The summed E-state index contributed by atoms with van der Waals surface area (Å²) >= 11 is -1.85. The van der Waals surface area contributed by atoms with Crippen molar-refractivity contribution < 1.29 is 26.8 Å². The minimum Gasteiger partial charge on any atom is -0.497 e. The summed E-state index contributed by atoms with van der Waals surface area (Å²) in [6.07, 6.45) is -1.36. The number of ether oxygens (including phenoxy) is 2. The largest absolute Gasteiger partial charge is 0.497 e. The van der Waals surface area contributed by atoms with Crippen molar-refractivity contribution in [1.29, 1.82) is 0 Å². The zero-order chi connectivity index (χ0) is 13.8. The maximum absolute atomic E-state index is 11.7. The summed E-state index contributed by atoms with van der Waals surface area (Å²) in [7, 11) is 1.58. The Balaban J connectivity index is 1.94. The van der Waals surface area contributed by atoms with Crippen molar-refractivity contribution in [2.45, 2.75) is 19.1 Å². The zero-order valence-electron chi connectivity index (χ0n) is 10.5. The molecule has 1 aliphatic heterocycles. The monoisotopic (exact) mass is 286 g/mol. The van der Waals surface area contributed by atoms with Crippen LogP contribution in [0.5, 0.6) is 5.75 Å². The van der Waals surface area contributed by atoms with E-state index >= 15 is 0 Å². The summed E-state index contributed by atoms with van der Waals surface area (Å²) in [6, 6.07) is 7.18. The molecule has 0 aromatic heterocycles. The van der Waals surface area contributed by atoms with E-state index in [2.05, 4.69) is 4.18 Å². The molecule has 2 rings (SSSR count). The van der Waals surface area contributed by atoms with E-state index in [1.807, 2.05) is 0 Å². The third-order valence-electron chi connectivity index (χ3n) is 2.65. The van der Waals surface area contributed by atoms with Gasteiger partial charge in [-0.15, -0.1) is 0 Å². The van der Waals surface area contributed by atoms with Crippen LogP contribution in [0.1, 0.15) is 18.6 Å². The van der Waals surface area contributed by atoms with Gasteiger partial charge in [0, 0.05) is 0 Å². The lowest BCUT2D eigenvalue weighted by atomic mass is 10.1. The molecule has 1 saturated heterocycles. The highest BCUT2D eigenvalue weighted by Crippen LogP contribution is 2.22. The van der Waals surface area contributed by atoms with Crippen LogP contribution in [-0.2, 0) is 29.3 Å². The molecule has 19 heavy (non-hydrogen) atoms. The summed E-state index contributed by atoms with van der Waals surface area (Å²) in [5, 5.41) is 0. The Kier molecular flexibility index (Phi) is 4.52. The number of hydrogen-bond donors (Lipinski definition) is 0. The van der Waals surface area contributed by atoms with Gasteiger partial charge >= 0.3 is 17.3 Å². The van der Waals surface area contributed by atoms with Crippen molar-refractivity contribution in [3.05, 3.63) is 29.8 Å². The van der Waals surface area contributed by atoms with Crippen molar-refractivity contribution in [1.82, 2.24) is 0 Å². The molecule has 0 aliphatic carbocycles. The lowest BCUT2D eigenvalue weighted by Gasteiger charge is -2.15. The molecular formula is C12H14O6S. The van der Waals surface area contributed by atoms with E-state index in [1.165, 1.54) is 0 Å². The van der Waals surface area contributed by atoms with Gasteiger partial charge in [-0.1, -0.05) is 12.1 Å². The highest BCUT2D eigenvalue weighted by atomic mass is 32.2. The molecule has 0 saturated carbocycles. The number of benzene rings is 1. The van der Waals surface area contributed by atoms with E-state index in [1.54, 1.807) is 38.3 Å². The highest BCUT2D eigenvalue weighted by Gasteiger charge is 2.32. The minimum absolute atomic E-state index is 0.0548. The molecule has 1 aromatic carbocycles. The van der Waals surface area contributed by atoms with E-state index in [4.69, 9.17) is 13.7 Å². The smallest absolute Gasteiger partial charge is 0.339 e. The molecule has 6 nitrogen and oxygen atoms in total. The van der Waals surface area contributed by atoms with Gasteiger partial charge in [0.15, 0.2) is 6.10 Å². The van der Waals surface area contributed by atoms with Crippen molar-refractivity contribution in [3.8, 4) is 5.75 Å². The summed E-state index contributed by atoms with van der Waals surface area (Å²) < 4.78 is 30.5. The van der Waals surface area contributed by atoms with Crippen molar-refractivity contribution in [2.24, 2.45) is 0 Å². The average molecular weight is 286 g/mol. The van der Waals surface area contributed by atoms with E-state index in [0.717, 1.165) is 11.3 Å². The van der Waals surface area contributed by atoms with Gasteiger partial charge in [-0.3, -0.25) is 8.37 Å². The molecular weight excluding hydrogens is 272 g/mol. The van der Waals surface area contributed by atoms with E-state index in [9.17, 15) is 9.00 Å². The average Bonchev–Trinajstić information content (AvgIpc) is 2.85. The summed E-state index contributed by atoms with van der Waals surface area (Å²) in [5.41, 5.74) is 0.828.